The van der Waals surface area contributed by atoms with E-state index in [9.17, 15) is 9.59 Å². The van der Waals surface area contributed by atoms with Crippen molar-refractivity contribution in [3.63, 3.8) is 0 Å². The van der Waals surface area contributed by atoms with Crippen molar-refractivity contribution in [2.45, 2.75) is 24.9 Å². The maximum atomic E-state index is 12.9. The second-order valence-electron chi connectivity index (χ2n) is 8.17. The summed E-state index contributed by atoms with van der Waals surface area (Å²) in [5, 5.41) is 2.06. The van der Waals surface area contributed by atoms with Crippen LogP contribution >= 0.6 is 11.3 Å². The molecule has 2 amide bonds. The predicted octanol–water partition coefficient (Wildman–Crippen LogP) is 1.39. The Labute approximate surface area is 180 Å². The summed E-state index contributed by atoms with van der Waals surface area (Å²) in [4.78, 5) is 33.0. The normalized spacial score (nSPS) is 24.3. The number of nitrogens with one attached hydrogen (secondary N) is 2. The lowest BCUT2D eigenvalue weighted by Gasteiger charge is -2.36. The summed E-state index contributed by atoms with van der Waals surface area (Å²) >= 11 is 1.71. The Balaban J connectivity index is 1.11. The van der Waals surface area contributed by atoms with E-state index >= 15 is 0 Å². The first-order valence-corrected chi connectivity index (χ1v) is 11.5. The second kappa shape index (κ2) is 8.47. The van der Waals surface area contributed by atoms with E-state index in [-0.39, 0.29) is 23.9 Å². The smallest absolute Gasteiger partial charge is 0.241 e. The first-order chi connectivity index (χ1) is 14.7. The van der Waals surface area contributed by atoms with Crippen molar-refractivity contribution >= 4 is 28.8 Å². The van der Waals surface area contributed by atoms with Crippen molar-refractivity contribution in [2.75, 3.05) is 44.2 Å². The molecule has 2 aromatic rings. The van der Waals surface area contributed by atoms with Gasteiger partial charge in [0, 0.05) is 43.3 Å². The molecule has 0 saturated carbocycles. The van der Waals surface area contributed by atoms with Crippen LogP contribution in [0.4, 0.5) is 5.69 Å². The molecule has 3 aliphatic heterocycles. The third kappa shape index (κ3) is 3.88. The molecule has 1 aromatic heterocycles. The lowest BCUT2D eigenvalue weighted by atomic mass is 10.1. The van der Waals surface area contributed by atoms with E-state index in [1.54, 1.807) is 11.3 Å². The molecule has 0 bridgehead atoms. The van der Waals surface area contributed by atoms with Crippen molar-refractivity contribution in [2.24, 2.45) is 0 Å². The molecule has 7 nitrogen and oxygen atoms in total. The lowest BCUT2D eigenvalue weighted by Crippen LogP contribution is -2.55. The zero-order valence-electron chi connectivity index (χ0n) is 16.9. The maximum absolute atomic E-state index is 12.9. The number of rotatable bonds is 4. The molecule has 1 aromatic carbocycles. The molecular formula is C22H27N5O2S. The van der Waals surface area contributed by atoms with Crippen LogP contribution < -0.4 is 15.8 Å². The Morgan fingerprint density at radius 3 is 2.63 bits per heavy atom. The summed E-state index contributed by atoms with van der Waals surface area (Å²) in [7, 11) is 0. The van der Waals surface area contributed by atoms with E-state index in [2.05, 4.69) is 33.3 Å². The number of thiophene rings is 1. The SMILES string of the molecule is O=C(C1CC(c2cccs2)NN1)N1CCN(CC(=O)N2CCc3ccccc32)CC1. The molecule has 4 heterocycles. The van der Waals surface area contributed by atoms with Crippen molar-refractivity contribution in [1.82, 2.24) is 20.7 Å². The van der Waals surface area contributed by atoms with Gasteiger partial charge in [-0.25, -0.2) is 10.9 Å². The summed E-state index contributed by atoms with van der Waals surface area (Å²) < 4.78 is 0. The molecule has 8 heteroatoms. The van der Waals surface area contributed by atoms with Gasteiger partial charge in [-0.1, -0.05) is 24.3 Å². The van der Waals surface area contributed by atoms with E-state index in [1.807, 2.05) is 34.1 Å². The van der Waals surface area contributed by atoms with Crippen LogP contribution in [0.5, 0.6) is 0 Å². The number of fused-ring (bicyclic) bond motifs is 1. The number of hydrazine groups is 1. The number of anilines is 1. The standard InChI is InChI=1S/C22H27N5O2S/c28-21(27-8-7-16-4-1-2-5-19(16)27)15-25-9-11-26(12-10-25)22(29)18-14-17(23-24-18)20-6-3-13-30-20/h1-6,13,17-18,23-24H,7-12,14-15H2. The Kier molecular flexibility index (Phi) is 5.56. The van der Waals surface area contributed by atoms with Gasteiger partial charge >= 0.3 is 0 Å². The summed E-state index contributed by atoms with van der Waals surface area (Å²) in [6.45, 7) is 4.00. The molecule has 158 valence electrons. The van der Waals surface area contributed by atoms with Crippen LogP contribution in [-0.4, -0.2) is 66.9 Å². The van der Waals surface area contributed by atoms with Crippen LogP contribution in [0, 0.1) is 0 Å². The van der Waals surface area contributed by atoms with Gasteiger partial charge < -0.3 is 9.80 Å². The molecule has 3 aliphatic rings. The fraction of sp³-hybridized carbons (Fsp3) is 0.455. The topological polar surface area (TPSA) is 67.9 Å². The number of carbonyl (C=O) groups is 2. The van der Waals surface area contributed by atoms with Crippen molar-refractivity contribution in [1.29, 1.82) is 0 Å². The highest BCUT2D eigenvalue weighted by Gasteiger charge is 2.35. The number of piperazine rings is 1. The molecule has 0 radical (unpaired) electrons. The van der Waals surface area contributed by atoms with E-state index in [1.165, 1.54) is 10.4 Å². The van der Waals surface area contributed by atoms with Gasteiger partial charge in [0.15, 0.2) is 0 Å². The van der Waals surface area contributed by atoms with Gasteiger partial charge in [0.2, 0.25) is 11.8 Å². The molecule has 2 unspecified atom stereocenters. The van der Waals surface area contributed by atoms with Crippen molar-refractivity contribution in [3.05, 3.63) is 52.2 Å². The molecule has 2 atom stereocenters. The van der Waals surface area contributed by atoms with Crippen LogP contribution in [0.2, 0.25) is 0 Å². The Morgan fingerprint density at radius 2 is 1.83 bits per heavy atom. The van der Waals surface area contributed by atoms with Crippen LogP contribution in [0.25, 0.3) is 0 Å². The zero-order chi connectivity index (χ0) is 20.5. The van der Waals surface area contributed by atoms with Crippen molar-refractivity contribution in [3.8, 4) is 0 Å². The molecule has 5 rings (SSSR count). The van der Waals surface area contributed by atoms with E-state index < -0.39 is 0 Å². The second-order valence-corrected chi connectivity index (χ2v) is 9.15. The summed E-state index contributed by atoms with van der Waals surface area (Å²) in [5.41, 5.74) is 8.73. The fourth-order valence-corrected chi connectivity index (χ4v) is 5.41. The van der Waals surface area contributed by atoms with Crippen LogP contribution in [0.3, 0.4) is 0 Å². The summed E-state index contributed by atoms with van der Waals surface area (Å²) in [6.07, 6.45) is 1.70. The van der Waals surface area contributed by atoms with Gasteiger partial charge in [-0.05, 0) is 35.9 Å². The first-order valence-electron chi connectivity index (χ1n) is 10.6. The number of hydrogen-bond donors (Lipinski definition) is 2. The van der Waals surface area contributed by atoms with E-state index in [0.29, 0.717) is 19.6 Å². The minimum atomic E-state index is -0.189. The number of carbonyl (C=O) groups excluding carboxylic acids is 2. The van der Waals surface area contributed by atoms with Gasteiger partial charge in [0.05, 0.1) is 12.6 Å². The molecule has 0 aliphatic carbocycles. The predicted molar refractivity (Wildman–Crippen MR) is 117 cm³/mol. The molecule has 2 saturated heterocycles. The molecule has 0 spiro atoms. The number of nitrogens with zero attached hydrogens (tertiary/aromatic N) is 3. The van der Waals surface area contributed by atoms with Crippen LogP contribution in [0.15, 0.2) is 41.8 Å². The Bertz CT molecular complexity index is 910. The third-order valence-corrected chi connectivity index (χ3v) is 7.30. The van der Waals surface area contributed by atoms with Crippen LogP contribution in [0.1, 0.15) is 22.9 Å². The molecule has 2 N–H and O–H groups in total. The molecule has 30 heavy (non-hydrogen) atoms. The van der Waals surface area contributed by atoms with Gasteiger partial charge in [-0.3, -0.25) is 14.5 Å². The van der Waals surface area contributed by atoms with Gasteiger partial charge in [-0.2, -0.15) is 0 Å². The lowest BCUT2D eigenvalue weighted by molar-refractivity contribution is -0.135. The van der Waals surface area contributed by atoms with E-state index in [4.69, 9.17) is 0 Å². The first kappa shape index (κ1) is 19.7. The highest BCUT2D eigenvalue weighted by molar-refractivity contribution is 7.10. The highest BCUT2D eigenvalue weighted by Crippen LogP contribution is 2.28. The Hall–Kier alpha value is -2.26. The zero-order valence-corrected chi connectivity index (χ0v) is 17.7. The van der Waals surface area contributed by atoms with Crippen LogP contribution in [-0.2, 0) is 16.0 Å². The number of amides is 2. The third-order valence-electron chi connectivity index (χ3n) is 6.32. The largest absolute Gasteiger partial charge is 0.339 e. The minimum absolute atomic E-state index is 0.153. The Morgan fingerprint density at radius 1 is 1.00 bits per heavy atom. The molecular weight excluding hydrogens is 398 g/mol. The van der Waals surface area contributed by atoms with Gasteiger partial charge in [-0.15, -0.1) is 11.3 Å². The summed E-state index contributed by atoms with van der Waals surface area (Å²) in [5.74, 6) is 0.307. The van der Waals surface area contributed by atoms with Gasteiger partial charge in [0.1, 0.15) is 6.04 Å². The van der Waals surface area contributed by atoms with Gasteiger partial charge in [0.25, 0.3) is 0 Å². The highest BCUT2D eigenvalue weighted by atomic mass is 32.1. The number of benzene rings is 1. The quantitative estimate of drug-likeness (QED) is 0.775. The average molecular weight is 426 g/mol. The fourth-order valence-electron chi connectivity index (χ4n) is 4.61. The molecule has 2 fully saturated rings. The monoisotopic (exact) mass is 425 g/mol. The minimum Gasteiger partial charge on any atom is -0.339 e. The number of para-hydroxylation sites is 1. The van der Waals surface area contributed by atoms with E-state index in [0.717, 1.165) is 38.2 Å². The van der Waals surface area contributed by atoms with Crippen molar-refractivity contribution < 1.29 is 9.59 Å². The number of hydrogen-bond acceptors (Lipinski definition) is 6. The summed E-state index contributed by atoms with van der Waals surface area (Å²) in [6, 6.07) is 12.3. The maximum Gasteiger partial charge on any atom is 0.241 e. The average Bonchev–Trinajstić information content (AvgIpc) is 3.54.